The van der Waals surface area contributed by atoms with Crippen molar-refractivity contribution < 1.29 is 28.6 Å². The van der Waals surface area contributed by atoms with Gasteiger partial charge in [-0.25, -0.2) is 0 Å². The van der Waals surface area contributed by atoms with Crippen molar-refractivity contribution in [2.24, 2.45) is 0 Å². The Morgan fingerprint density at radius 1 is 0.288 bits per heavy atom. The van der Waals surface area contributed by atoms with Crippen LogP contribution < -0.4 is 0 Å². The molecule has 0 aliphatic rings. The van der Waals surface area contributed by atoms with E-state index >= 15 is 0 Å². The van der Waals surface area contributed by atoms with E-state index in [1.807, 2.05) is 0 Å². The van der Waals surface area contributed by atoms with Crippen LogP contribution in [0.4, 0.5) is 0 Å². The Morgan fingerprint density at radius 3 is 0.836 bits per heavy atom. The average molecular weight is 1010 g/mol. The Bertz CT molecular complexity index is 1490. The number of unbranched alkanes of at least 4 members (excludes halogenated alkanes) is 25. The van der Waals surface area contributed by atoms with E-state index in [4.69, 9.17) is 14.2 Å². The van der Waals surface area contributed by atoms with Crippen LogP contribution in [-0.2, 0) is 28.6 Å². The van der Waals surface area contributed by atoms with Crippen LogP contribution >= 0.6 is 0 Å². The lowest BCUT2D eigenvalue weighted by molar-refractivity contribution is -0.167. The Kier molecular flexibility index (Phi) is 57.4. The summed E-state index contributed by atoms with van der Waals surface area (Å²) in [6.45, 7) is 6.39. The van der Waals surface area contributed by atoms with Crippen molar-refractivity contribution in [2.75, 3.05) is 13.2 Å². The van der Waals surface area contributed by atoms with Crippen LogP contribution in [0.1, 0.15) is 278 Å². The number of carbonyl (C=O) groups excluding carboxylic acids is 3. The van der Waals surface area contributed by atoms with E-state index in [9.17, 15) is 14.4 Å². The second kappa shape index (κ2) is 60.6. The zero-order valence-electron chi connectivity index (χ0n) is 47.6. The molecule has 0 rings (SSSR count). The Hall–Kier alpha value is -3.93. The van der Waals surface area contributed by atoms with Crippen molar-refractivity contribution in [1.82, 2.24) is 0 Å². The second-order valence-electron chi connectivity index (χ2n) is 19.9. The monoisotopic (exact) mass is 1010 g/mol. The summed E-state index contributed by atoms with van der Waals surface area (Å²) in [5.74, 6) is -0.905. The van der Waals surface area contributed by atoms with Crippen molar-refractivity contribution in [2.45, 2.75) is 284 Å². The molecular formula is C67H112O6. The molecule has 0 fully saturated rings. The molecule has 6 heteroatoms. The molecule has 73 heavy (non-hydrogen) atoms. The highest BCUT2D eigenvalue weighted by molar-refractivity contribution is 5.71. The number of ether oxygens (including phenoxy) is 3. The van der Waals surface area contributed by atoms with Gasteiger partial charge in [-0.15, -0.1) is 0 Å². The third-order valence-electron chi connectivity index (χ3n) is 12.8. The lowest BCUT2D eigenvalue weighted by atomic mass is 10.0. The molecule has 0 radical (unpaired) electrons. The molecule has 0 aromatic carbocycles. The molecule has 0 spiro atoms. The van der Waals surface area contributed by atoms with Crippen LogP contribution in [0.15, 0.2) is 109 Å². The molecule has 1 unspecified atom stereocenters. The van der Waals surface area contributed by atoms with E-state index in [1.165, 1.54) is 103 Å². The van der Waals surface area contributed by atoms with E-state index in [1.54, 1.807) is 0 Å². The summed E-state index contributed by atoms with van der Waals surface area (Å²) in [6, 6.07) is 0. The van der Waals surface area contributed by atoms with Crippen molar-refractivity contribution in [1.29, 1.82) is 0 Å². The molecule has 0 amide bonds. The highest BCUT2D eigenvalue weighted by Crippen LogP contribution is 2.16. The maximum atomic E-state index is 12.9. The minimum atomic E-state index is -0.789. The first kappa shape index (κ1) is 69.1. The fraction of sp³-hybridized carbons (Fsp3) is 0.687. The summed E-state index contributed by atoms with van der Waals surface area (Å²) in [5, 5.41) is 0. The van der Waals surface area contributed by atoms with Gasteiger partial charge in [0.1, 0.15) is 13.2 Å². The van der Waals surface area contributed by atoms with Crippen LogP contribution in [0.2, 0.25) is 0 Å². The van der Waals surface area contributed by atoms with Crippen LogP contribution in [0, 0.1) is 0 Å². The molecule has 0 N–H and O–H groups in total. The summed E-state index contributed by atoms with van der Waals surface area (Å²) in [4.78, 5) is 38.1. The lowest BCUT2D eigenvalue weighted by Gasteiger charge is -2.18. The summed E-state index contributed by atoms with van der Waals surface area (Å²) in [5.41, 5.74) is 0. The van der Waals surface area contributed by atoms with Crippen molar-refractivity contribution in [3.63, 3.8) is 0 Å². The maximum Gasteiger partial charge on any atom is 0.306 e. The third-order valence-corrected chi connectivity index (χ3v) is 12.8. The van der Waals surface area contributed by atoms with Crippen LogP contribution in [0.3, 0.4) is 0 Å². The van der Waals surface area contributed by atoms with Gasteiger partial charge in [-0.2, -0.15) is 0 Å². The molecule has 0 aromatic heterocycles. The average Bonchev–Trinajstić information content (AvgIpc) is 3.39. The minimum absolute atomic E-state index is 0.0856. The van der Waals surface area contributed by atoms with Gasteiger partial charge in [0.2, 0.25) is 0 Å². The molecule has 0 heterocycles. The highest BCUT2D eigenvalue weighted by atomic mass is 16.6. The first-order chi connectivity index (χ1) is 36.0. The summed E-state index contributed by atoms with van der Waals surface area (Å²) >= 11 is 0. The van der Waals surface area contributed by atoms with E-state index in [-0.39, 0.29) is 31.1 Å². The topological polar surface area (TPSA) is 78.9 Å². The molecule has 1 atom stereocenters. The third kappa shape index (κ3) is 58.8. The number of rotatable bonds is 54. The van der Waals surface area contributed by atoms with Gasteiger partial charge >= 0.3 is 17.9 Å². The molecule has 0 aliphatic carbocycles. The maximum absolute atomic E-state index is 12.9. The first-order valence-corrected chi connectivity index (χ1v) is 30.4. The number of hydrogen-bond acceptors (Lipinski definition) is 6. The zero-order valence-corrected chi connectivity index (χ0v) is 47.6. The SMILES string of the molecule is CC/C=C\C/C=C\C/C=C\C/C=C\C/C=C\CCCCCCCC(=O)OC(COC(=O)CCCCCCCCCCC)COC(=O)CCCCCCCCCCCCCC/C=C\C/C=C\C/C=C\C/C=C\CC. The summed E-state index contributed by atoms with van der Waals surface area (Å²) < 4.78 is 16.8. The van der Waals surface area contributed by atoms with E-state index < -0.39 is 6.10 Å². The fourth-order valence-corrected chi connectivity index (χ4v) is 8.28. The van der Waals surface area contributed by atoms with Gasteiger partial charge in [-0.3, -0.25) is 14.4 Å². The van der Waals surface area contributed by atoms with Crippen LogP contribution in [0.5, 0.6) is 0 Å². The Morgan fingerprint density at radius 2 is 0.534 bits per heavy atom. The Labute approximate surface area is 450 Å². The molecule has 0 bridgehead atoms. The minimum Gasteiger partial charge on any atom is -0.462 e. The number of allylic oxidation sites excluding steroid dienone is 18. The number of hydrogen-bond donors (Lipinski definition) is 0. The molecule has 0 aromatic rings. The van der Waals surface area contributed by atoms with E-state index in [0.29, 0.717) is 19.3 Å². The molecule has 0 saturated carbocycles. The highest BCUT2D eigenvalue weighted by Gasteiger charge is 2.19. The van der Waals surface area contributed by atoms with Gasteiger partial charge < -0.3 is 14.2 Å². The standard InChI is InChI=1S/C67H112O6/c1-4-7-10-13-16-19-21-23-25-27-29-31-32-33-34-36-37-39-41-43-45-48-51-54-57-60-66(69)72-63-64(62-71-65(68)59-56-53-50-47-18-15-12-9-6-3)73-67(70)61-58-55-52-49-46-44-42-40-38-35-30-28-26-24-22-20-17-14-11-8-5-2/h7-8,10-11,16-17,19-20,23-26,29-31,35,40,42,64H,4-6,9,12-15,18,21-22,27-28,32-34,36-39,41,43-63H2,1-3H3/b10-7-,11-8-,19-16-,20-17-,25-23-,26-24-,31-29-,35-30-,42-40-. The van der Waals surface area contributed by atoms with Gasteiger partial charge in [-0.1, -0.05) is 265 Å². The largest absolute Gasteiger partial charge is 0.462 e. The van der Waals surface area contributed by atoms with E-state index in [2.05, 4.69) is 130 Å². The fourth-order valence-electron chi connectivity index (χ4n) is 8.28. The second-order valence-corrected chi connectivity index (χ2v) is 19.9. The van der Waals surface area contributed by atoms with Gasteiger partial charge in [-0.05, 0) is 103 Å². The first-order valence-electron chi connectivity index (χ1n) is 30.4. The predicted molar refractivity (Wildman–Crippen MR) is 316 cm³/mol. The van der Waals surface area contributed by atoms with Crippen molar-refractivity contribution >= 4 is 17.9 Å². The van der Waals surface area contributed by atoms with Crippen LogP contribution in [-0.4, -0.2) is 37.2 Å². The van der Waals surface area contributed by atoms with Gasteiger partial charge in [0.15, 0.2) is 6.10 Å². The quantitative estimate of drug-likeness (QED) is 0.0261. The van der Waals surface area contributed by atoms with Gasteiger partial charge in [0.25, 0.3) is 0 Å². The summed E-state index contributed by atoms with van der Waals surface area (Å²) in [6.07, 6.45) is 82.4. The lowest BCUT2D eigenvalue weighted by Crippen LogP contribution is -2.30. The van der Waals surface area contributed by atoms with E-state index in [0.717, 1.165) is 135 Å². The Balaban J connectivity index is 4.28. The summed E-state index contributed by atoms with van der Waals surface area (Å²) in [7, 11) is 0. The molecule has 0 aliphatic heterocycles. The predicted octanol–water partition coefficient (Wildman–Crippen LogP) is 20.7. The molecule has 0 saturated heterocycles. The smallest absolute Gasteiger partial charge is 0.306 e. The molecule has 416 valence electrons. The van der Waals surface area contributed by atoms with Crippen LogP contribution in [0.25, 0.3) is 0 Å². The molecule has 6 nitrogen and oxygen atoms in total. The van der Waals surface area contributed by atoms with Gasteiger partial charge in [0.05, 0.1) is 0 Å². The van der Waals surface area contributed by atoms with Gasteiger partial charge in [0, 0.05) is 19.3 Å². The normalized spacial score (nSPS) is 12.9. The van der Waals surface area contributed by atoms with Crippen molar-refractivity contribution in [3.05, 3.63) is 109 Å². The number of carbonyl (C=O) groups is 3. The zero-order chi connectivity index (χ0) is 52.9. The molecular weight excluding hydrogens is 901 g/mol. The van der Waals surface area contributed by atoms with Crippen molar-refractivity contribution in [3.8, 4) is 0 Å². The number of esters is 3.